The van der Waals surface area contributed by atoms with Gasteiger partial charge in [-0.1, -0.05) is 11.6 Å². The number of hydrogen-bond acceptors (Lipinski definition) is 7. The number of urea groups is 1. The van der Waals surface area contributed by atoms with Crippen molar-refractivity contribution in [2.24, 2.45) is 0 Å². The molecule has 4 heterocycles. The minimum atomic E-state index is -0.547. The number of nitrogens with one attached hydrogen (secondary N) is 3. The van der Waals surface area contributed by atoms with Gasteiger partial charge in [-0.25, -0.2) is 24.1 Å². The van der Waals surface area contributed by atoms with Gasteiger partial charge in [0, 0.05) is 31.4 Å². The van der Waals surface area contributed by atoms with E-state index in [1.165, 1.54) is 6.20 Å². The average molecular weight is 475 g/mol. The number of carbonyl (C=O) groups is 1. The number of morpholine rings is 1. The highest BCUT2D eigenvalue weighted by molar-refractivity contribution is 6.31. The Labute approximate surface area is 194 Å². The van der Waals surface area contributed by atoms with Gasteiger partial charge in [0.25, 0.3) is 0 Å². The number of pyridine rings is 1. The van der Waals surface area contributed by atoms with Crippen LogP contribution in [-0.2, 0) is 4.74 Å². The van der Waals surface area contributed by atoms with Gasteiger partial charge in [-0.2, -0.15) is 5.10 Å². The summed E-state index contributed by atoms with van der Waals surface area (Å²) in [5, 5.41) is 14.5. The van der Waals surface area contributed by atoms with Crippen LogP contribution >= 0.6 is 11.6 Å². The molecule has 3 N–H and O–H groups in total. The number of rotatable bonds is 4. The van der Waals surface area contributed by atoms with E-state index in [1.807, 2.05) is 0 Å². The molecule has 33 heavy (non-hydrogen) atoms. The molecular weight excluding hydrogens is 451 g/mol. The number of amides is 2. The lowest BCUT2D eigenvalue weighted by atomic mass is 9.91. The highest BCUT2D eigenvalue weighted by Crippen LogP contribution is 2.27. The van der Waals surface area contributed by atoms with Crippen molar-refractivity contribution in [1.29, 1.82) is 0 Å². The molecule has 3 aromatic heterocycles. The zero-order valence-corrected chi connectivity index (χ0v) is 18.6. The van der Waals surface area contributed by atoms with Crippen LogP contribution in [0, 0.1) is 5.82 Å². The van der Waals surface area contributed by atoms with E-state index >= 15 is 0 Å². The molecule has 2 aliphatic rings. The normalized spacial score (nSPS) is 21.2. The minimum absolute atomic E-state index is 0.0134. The molecule has 2 atom stereocenters. The largest absolute Gasteiger partial charge is 0.378 e. The molecule has 1 saturated heterocycles. The molecule has 0 unspecified atom stereocenters. The summed E-state index contributed by atoms with van der Waals surface area (Å²) in [7, 11) is 0. The van der Waals surface area contributed by atoms with Gasteiger partial charge in [-0.3, -0.25) is 5.10 Å². The zero-order valence-electron chi connectivity index (χ0n) is 17.9. The van der Waals surface area contributed by atoms with Gasteiger partial charge in [0.2, 0.25) is 0 Å². The first kappa shape index (κ1) is 21.8. The van der Waals surface area contributed by atoms with Crippen LogP contribution in [0.3, 0.4) is 0 Å². The van der Waals surface area contributed by atoms with E-state index in [-0.39, 0.29) is 29.8 Å². The second kappa shape index (κ2) is 9.44. The summed E-state index contributed by atoms with van der Waals surface area (Å²) in [6, 6.07) is 1.63. The van der Waals surface area contributed by atoms with Gasteiger partial charge in [-0.05, 0) is 31.7 Å². The second-order valence-corrected chi connectivity index (χ2v) is 8.70. The standard InChI is InChI=1S/C21H24ClFN8O2/c22-12-8-15-17(29-30-18(15)24-10-12)20-25-11-16(23)19(28-20)26-13-2-1-3-14(9-13)27-21(32)31-4-6-33-7-5-31/h8,10-11,13-14H,1-7,9H2,(H,27,32)(H,24,29,30)(H,25,26,28)/t13-,14+/m0/s1. The third-order valence-electron chi connectivity index (χ3n) is 5.98. The number of fused-ring (bicyclic) bond motifs is 1. The van der Waals surface area contributed by atoms with E-state index in [9.17, 15) is 9.18 Å². The number of aromatic nitrogens is 5. The molecule has 10 nitrogen and oxygen atoms in total. The van der Waals surface area contributed by atoms with E-state index in [4.69, 9.17) is 16.3 Å². The zero-order chi connectivity index (χ0) is 22.8. The summed E-state index contributed by atoms with van der Waals surface area (Å²) in [5.74, 6) is -0.173. The van der Waals surface area contributed by atoms with Crippen molar-refractivity contribution in [3.63, 3.8) is 0 Å². The average Bonchev–Trinajstić information content (AvgIpc) is 3.24. The fourth-order valence-corrected chi connectivity index (χ4v) is 4.47. The van der Waals surface area contributed by atoms with Crippen LogP contribution in [0.25, 0.3) is 22.6 Å². The molecule has 0 bridgehead atoms. The molecule has 1 aliphatic heterocycles. The smallest absolute Gasteiger partial charge is 0.317 e. The number of carbonyl (C=O) groups excluding carboxylic acids is 1. The Morgan fingerprint density at radius 1 is 1.21 bits per heavy atom. The van der Waals surface area contributed by atoms with Crippen LogP contribution in [0.2, 0.25) is 5.02 Å². The Hall–Kier alpha value is -3.05. The molecule has 3 aromatic rings. The summed E-state index contributed by atoms with van der Waals surface area (Å²) in [5.41, 5.74) is 0.991. The van der Waals surface area contributed by atoms with Crippen molar-refractivity contribution < 1.29 is 13.9 Å². The first-order chi connectivity index (χ1) is 16.1. The summed E-state index contributed by atoms with van der Waals surface area (Å²) in [4.78, 5) is 27.0. The summed E-state index contributed by atoms with van der Waals surface area (Å²) >= 11 is 6.06. The fourth-order valence-electron chi connectivity index (χ4n) is 4.31. The van der Waals surface area contributed by atoms with E-state index in [0.717, 1.165) is 25.5 Å². The third-order valence-corrected chi connectivity index (χ3v) is 6.19. The molecule has 2 fully saturated rings. The van der Waals surface area contributed by atoms with E-state index < -0.39 is 5.82 Å². The van der Waals surface area contributed by atoms with Crippen molar-refractivity contribution in [2.45, 2.75) is 37.8 Å². The molecule has 0 radical (unpaired) electrons. The Kier molecular flexibility index (Phi) is 6.23. The molecule has 12 heteroatoms. The minimum Gasteiger partial charge on any atom is -0.378 e. The van der Waals surface area contributed by atoms with Crippen LogP contribution in [0.4, 0.5) is 15.0 Å². The SMILES string of the molecule is O=C(N[C@@H]1CCC[C@H](Nc2nc(-c3n[nH]c4ncc(Cl)cc34)ncc2F)C1)N1CCOCC1. The van der Waals surface area contributed by atoms with E-state index in [2.05, 4.69) is 35.8 Å². The number of H-pyrrole nitrogens is 1. The van der Waals surface area contributed by atoms with Crippen LogP contribution < -0.4 is 10.6 Å². The number of aromatic amines is 1. The molecule has 174 valence electrons. The Bertz CT molecular complexity index is 1150. The predicted molar refractivity (Wildman–Crippen MR) is 120 cm³/mol. The van der Waals surface area contributed by atoms with Gasteiger partial charge in [-0.15, -0.1) is 0 Å². The van der Waals surface area contributed by atoms with Crippen LogP contribution in [0.5, 0.6) is 0 Å². The Morgan fingerprint density at radius 2 is 2.03 bits per heavy atom. The van der Waals surface area contributed by atoms with Gasteiger partial charge >= 0.3 is 6.03 Å². The maximum atomic E-state index is 14.6. The first-order valence-electron chi connectivity index (χ1n) is 11.0. The summed E-state index contributed by atoms with van der Waals surface area (Å²) in [6.45, 7) is 2.31. The third kappa shape index (κ3) is 4.83. The fraction of sp³-hybridized carbons (Fsp3) is 0.476. The van der Waals surface area contributed by atoms with Crippen molar-refractivity contribution in [3.8, 4) is 11.5 Å². The van der Waals surface area contributed by atoms with Gasteiger partial charge in [0.15, 0.2) is 23.1 Å². The maximum absolute atomic E-state index is 14.6. The molecule has 0 aromatic carbocycles. The lowest BCUT2D eigenvalue weighted by Gasteiger charge is -2.33. The first-order valence-corrected chi connectivity index (χ1v) is 11.4. The van der Waals surface area contributed by atoms with Crippen molar-refractivity contribution in [3.05, 3.63) is 29.3 Å². The van der Waals surface area contributed by atoms with Crippen LogP contribution in [-0.4, -0.2) is 74.5 Å². The van der Waals surface area contributed by atoms with E-state index in [1.54, 1.807) is 11.0 Å². The lowest BCUT2D eigenvalue weighted by molar-refractivity contribution is 0.0521. The lowest BCUT2D eigenvalue weighted by Crippen LogP contribution is -2.51. The second-order valence-electron chi connectivity index (χ2n) is 8.27. The van der Waals surface area contributed by atoms with Gasteiger partial charge in [0.1, 0.15) is 5.69 Å². The molecule has 5 rings (SSSR count). The van der Waals surface area contributed by atoms with E-state index in [0.29, 0.717) is 54.5 Å². The maximum Gasteiger partial charge on any atom is 0.317 e. The Balaban J connectivity index is 1.28. The number of hydrogen-bond donors (Lipinski definition) is 3. The van der Waals surface area contributed by atoms with Gasteiger partial charge < -0.3 is 20.3 Å². The molecule has 0 spiro atoms. The number of ether oxygens (including phenoxy) is 1. The van der Waals surface area contributed by atoms with Crippen molar-refractivity contribution in [1.82, 2.24) is 35.4 Å². The molecule has 2 amide bonds. The van der Waals surface area contributed by atoms with Gasteiger partial charge in [0.05, 0.1) is 29.8 Å². The molecule has 1 aliphatic carbocycles. The van der Waals surface area contributed by atoms with Crippen molar-refractivity contribution >= 4 is 34.5 Å². The van der Waals surface area contributed by atoms with Crippen LogP contribution in [0.1, 0.15) is 25.7 Å². The topological polar surface area (TPSA) is 121 Å². The highest BCUT2D eigenvalue weighted by Gasteiger charge is 2.27. The molecular formula is C21H24ClFN8O2. The Morgan fingerprint density at radius 3 is 2.88 bits per heavy atom. The quantitative estimate of drug-likeness (QED) is 0.531. The summed E-state index contributed by atoms with van der Waals surface area (Å²) in [6.07, 6.45) is 5.98. The number of anilines is 1. The predicted octanol–water partition coefficient (Wildman–Crippen LogP) is 2.97. The highest BCUT2D eigenvalue weighted by atomic mass is 35.5. The van der Waals surface area contributed by atoms with Crippen LogP contribution in [0.15, 0.2) is 18.5 Å². The molecule has 1 saturated carbocycles. The number of nitrogens with zero attached hydrogens (tertiary/aromatic N) is 5. The monoisotopic (exact) mass is 474 g/mol. The summed E-state index contributed by atoms with van der Waals surface area (Å²) < 4.78 is 19.9. The number of halogens is 2. The van der Waals surface area contributed by atoms with Crippen molar-refractivity contribution in [2.75, 3.05) is 31.6 Å².